The Balaban J connectivity index is 0.000000934. The summed E-state index contributed by atoms with van der Waals surface area (Å²) in [6.45, 7) is 11.7. The zero-order chi connectivity index (χ0) is 28.2. The van der Waals surface area contributed by atoms with E-state index in [0.717, 1.165) is 28.9 Å². The Morgan fingerprint density at radius 3 is 2.37 bits per heavy atom. The van der Waals surface area contributed by atoms with E-state index >= 15 is 0 Å². The first-order valence-electron chi connectivity index (χ1n) is 11.3. The smallest absolute Gasteiger partial charge is 0.435 e. The maximum atomic E-state index is 13.5. The second-order valence-corrected chi connectivity index (χ2v) is 9.27. The molecule has 3 aromatic heterocycles. The lowest BCUT2D eigenvalue weighted by Gasteiger charge is -2.13. The van der Waals surface area contributed by atoms with Gasteiger partial charge in [0, 0.05) is 46.7 Å². The van der Waals surface area contributed by atoms with Gasteiger partial charge in [-0.3, -0.25) is 4.98 Å². The van der Waals surface area contributed by atoms with Crippen molar-refractivity contribution in [1.29, 1.82) is 0 Å². The van der Waals surface area contributed by atoms with Gasteiger partial charge in [-0.1, -0.05) is 39.0 Å². The molecule has 4 rings (SSSR count). The fourth-order valence-corrected chi connectivity index (χ4v) is 3.26. The number of anilines is 2. The highest BCUT2D eigenvalue weighted by atomic mass is 35.5. The summed E-state index contributed by atoms with van der Waals surface area (Å²) >= 11 is 5.80. The number of aliphatic hydroxyl groups is 1. The summed E-state index contributed by atoms with van der Waals surface area (Å²) in [5, 5.41) is 16.1. The van der Waals surface area contributed by atoms with E-state index in [1.54, 1.807) is 13.0 Å². The molecule has 0 aliphatic heterocycles. The number of rotatable bonds is 5. The summed E-state index contributed by atoms with van der Waals surface area (Å²) in [6.07, 6.45) is -0.718. The van der Waals surface area contributed by atoms with E-state index in [2.05, 4.69) is 52.7 Å². The van der Waals surface area contributed by atoms with Crippen LogP contribution in [0.15, 0.2) is 55.5 Å². The lowest BCUT2D eigenvalue weighted by molar-refractivity contribution is -0.141. The number of benzene rings is 1. The van der Waals surface area contributed by atoms with Crippen molar-refractivity contribution in [3.05, 3.63) is 83.3 Å². The summed E-state index contributed by atoms with van der Waals surface area (Å²) in [5.41, 5.74) is 0.799. The Morgan fingerprint density at radius 1 is 1.11 bits per heavy atom. The van der Waals surface area contributed by atoms with Gasteiger partial charge in [0.15, 0.2) is 11.5 Å². The average Bonchev–Trinajstić information content (AvgIpc) is 3.32. The average molecular weight is 549 g/mol. The highest BCUT2D eigenvalue weighted by Crippen LogP contribution is 2.31. The predicted molar refractivity (Wildman–Crippen MR) is 139 cm³/mol. The number of halogens is 5. The molecule has 7 nitrogen and oxygen atoms in total. The maximum absolute atomic E-state index is 13.5. The minimum Gasteiger partial charge on any atom is -0.508 e. The molecule has 0 aliphatic carbocycles. The number of nitrogens with one attached hydrogen (secondary N) is 1. The van der Waals surface area contributed by atoms with Gasteiger partial charge in [0.1, 0.15) is 11.6 Å². The minimum atomic E-state index is -4.66. The third-order valence-corrected chi connectivity index (χ3v) is 5.04. The molecule has 0 aliphatic rings. The van der Waals surface area contributed by atoms with E-state index in [1.165, 1.54) is 24.5 Å². The van der Waals surface area contributed by atoms with Crippen molar-refractivity contribution in [2.75, 3.05) is 5.32 Å². The van der Waals surface area contributed by atoms with Crippen molar-refractivity contribution >= 4 is 29.0 Å². The molecule has 0 spiro atoms. The Kier molecular flexibility index (Phi) is 8.72. The molecular formula is C26H25ClF4N6O. The molecule has 0 fully saturated rings. The normalized spacial score (nSPS) is 11.2. The van der Waals surface area contributed by atoms with Gasteiger partial charge in [-0.2, -0.15) is 23.3 Å². The van der Waals surface area contributed by atoms with Crippen LogP contribution in [0.1, 0.15) is 37.7 Å². The first kappa shape index (κ1) is 28.6. The number of alkyl halides is 3. The van der Waals surface area contributed by atoms with Crippen LogP contribution in [0.2, 0.25) is 5.02 Å². The van der Waals surface area contributed by atoms with Gasteiger partial charge in [0.25, 0.3) is 0 Å². The minimum absolute atomic E-state index is 0.00126. The molecule has 200 valence electrons. The van der Waals surface area contributed by atoms with Crippen molar-refractivity contribution in [3.8, 4) is 16.9 Å². The lowest BCUT2D eigenvalue weighted by Crippen LogP contribution is -2.10. The molecule has 0 bridgehead atoms. The van der Waals surface area contributed by atoms with Crippen LogP contribution in [0.3, 0.4) is 0 Å². The van der Waals surface area contributed by atoms with Gasteiger partial charge in [-0.15, -0.1) is 0 Å². The number of aryl methyl sites for hydroxylation is 1. The van der Waals surface area contributed by atoms with E-state index in [4.69, 9.17) is 11.6 Å². The molecule has 4 aromatic rings. The second kappa shape index (κ2) is 11.6. The topological polar surface area (TPSA) is 88.8 Å². The third kappa shape index (κ3) is 7.06. The number of aliphatic hydroxyl groups excluding tert-OH is 1. The first-order chi connectivity index (χ1) is 17.8. The molecule has 0 atom stereocenters. The quantitative estimate of drug-likeness (QED) is 0.195. The number of hydrogen-bond acceptors (Lipinski definition) is 6. The third-order valence-electron chi connectivity index (χ3n) is 4.75. The fourth-order valence-electron chi connectivity index (χ4n) is 3.08. The van der Waals surface area contributed by atoms with Gasteiger partial charge in [-0.25, -0.2) is 14.1 Å². The molecule has 0 saturated heterocycles. The van der Waals surface area contributed by atoms with E-state index < -0.39 is 17.7 Å². The summed E-state index contributed by atoms with van der Waals surface area (Å²) < 4.78 is 53.9. The number of pyridine rings is 1. The molecular weight excluding hydrogens is 524 g/mol. The number of aromatic nitrogens is 5. The second-order valence-electron chi connectivity index (χ2n) is 8.86. The molecule has 0 saturated carbocycles. The monoisotopic (exact) mass is 548 g/mol. The van der Waals surface area contributed by atoms with Crippen LogP contribution in [-0.4, -0.2) is 29.8 Å². The predicted octanol–water partition coefficient (Wildman–Crippen LogP) is 7.78. The Morgan fingerprint density at radius 2 is 1.79 bits per heavy atom. The molecule has 38 heavy (non-hydrogen) atoms. The van der Waals surface area contributed by atoms with Gasteiger partial charge in [0.05, 0.1) is 5.02 Å². The van der Waals surface area contributed by atoms with Gasteiger partial charge in [-0.05, 0) is 43.2 Å². The summed E-state index contributed by atoms with van der Waals surface area (Å²) in [6, 6.07) is 6.23. The lowest BCUT2D eigenvalue weighted by atomic mass is 10.1. The molecule has 0 radical (unpaired) electrons. The largest absolute Gasteiger partial charge is 0.508 e. The van der Waals surface area contributed by atoms with Crippen molar-refractivity contribution < 1.29 is 22.7 Å². The summed E-state index contributed by atoms with van der Waals surface area (Å²) in [5.74, 6) is -0.00788. The van der Waals surface area contributed by atoms with Gasteiger partial charge in [0.2, 0.25) is 5.95 Å². The first-order valence-corrected chi connectivity index (χ1v) is 11.7. The highest BCUT2D eigenvalue weighted by molar-refractivity contribution is 6.31. The summed E-state index contributed by atoms with van der Waals surface area (Å²) in [7, 11) is 0. The van der Waals surface area contributed by atoms with Crippen LogP contribution in [-0.2, 0) is 6.18 Å². The standard InChI is InChI=1S/C22H15ClF4N6O.C4H10/c1-11-15(12(2)34)7-13(9-28-11)16-10-29-21(30-14-3-4-18(24)17(23)8-14)31-20(16)33-6-5-19(32-33)22(25,26)27;1-4(2)3/h3-10,34H,2H2,1H3,(H,29,30,31);4H,1-3H3. The van der Waals surface area contributed by atoms with Crippen LogP contribution >= 0.6 is 11.6 Å². The van der Waals surface area contributed by atoms with Crippen LogP contribution in [0, 0.1) is 18.7 Å². The maximum Gasteiger partial charge on any atom is 0.435 e. The van der Waals surface area contributed by atoms with Crippen molar-refractivity contribution in [3.63, 3.8) is 0 Å². The van der Waals surface area contributed by atoms with Crippen molar-refractivity contribution in [1.82, 2.24) is 24.7 Å². The van der Waals surface area contributed by atoms with Crippen LogP contribution in [0.5, 0.6) is 0 Å². The van der Waals surface area contributed by atoms with E-state index in [9.17, 15) is 22.7 Å². The zero-order valence-electron chi connectivity index (χ0n) is 21.0. The van der Waals surface area contributed by atoms with E-state index in [-0.39, 0.29) is 28.1 Å². The Bertz CT molecular complexity index is 1450. The highest BCUT2D eigenvalue weighted by Gasteiger charge is 2.34. The van der Waals surface area contributed by atoms with E-state index in [1.807, 2.05) is 0 Å². The Labute approximate surface area is 221 Å². The molecule has 1 aromatic carbocycles. The fraction of sp³-hybridized carbons (Fsp3) is 0.231. The van der Waals surface area contributed by atoms with Crippen molar-refractivity contribution in [2.24, 2.45) is 5.92 Å². The SMILES string of the molecule is C=C(O)c1cc(-c2cnc(Nc3ccc(F)c(Cl)c3)nc2-n2ccc(C(F)(F)F)n2)cnc1C.CC(C)C. The van der Waals surface area contributed by atoms with Gasteiger partial charge >= 0.3 is 6.18 Å². The van der Waals surface area contributed by atoms with Crippen LogP contribution < -0.4 is 5.32 Å². The molecule has 0 unspecified atom stereocenters. The van der Waals surface area contributed by atoms with Crippen LogP contribution in [0.25, 0.3) is 22.7 Å². The molecule has 0 amide bonds. The molecule has 3 heterocycles. The summed E-state index contributed by atoms with van der Waals surface area (Å²) in [4.78, 5) is 12.7. The van der Waals surface area contributed by atoms with Crippen molar-refractivity contribution in [2.45, 2.75) is 33.9 Å². The van der Waals surface area contributed by atoms with Gasteiger partial charge < -0.3 is 10.4 Å². The number of nitrogens with zero attached hydrogens (tertiary/aromatic N) is 5. The van der Waals surface area contributed by atoms with E-state index in [0.29, 0.717) is 22.5 Å². The van der Waals surface area contributed by atoms with Crippen LogP contribution in [0.4, 0.5) is 29.2 Å². The Hall–Kier alpha value is -3.99. The molecule has 2 N–H and O–H groups in total. The molecule has 12 heteroatoms. The number of hydrogen-bond donors (Lipinski definition) is 2. The zero-order valence-corrected chi connectivity index (χ0v) is 21.7.